The number of benzene rings is 1. The molecule has 19 heavy (non-hydrogen) atoms. The molecule has 1 aromatic carbocycles. The molecule has 0 aliphatic heterocycles. The fourth-order valence-corrected chi connectivity index (χ4v) is 2.94. The van der Waals surface area contributed by atoms with Crippen molar-refractivity contribution in [1.82, 2.24) is 4.98 Å². The molecule has 2 rings (SSSR count). The van der Waals surface area contributed by atoms with E-state index in [1.807, 2.05) is 24.4 Å². The highest BCUT2D eigenvalue weighted by Crippen LogP contribution is 2.29. The summed E-state index contributed by atoms with van der Waals surface area (Å²) < 4.78 is 7.01. The Morgan fingerprint density at radius 1 is 1.26 bits per heavy atom. The van der Waals surface area contributed by atoms with Gasteiger partial charge in [-0.1, -0.05) is 37.9 Å². The van der Waals surface area contributed by atoms with Crippen molar-refractivity contribution in [2.75, 3.05) is 6.61 Å². The highest BCUT2D eigenvalue weighted by Gasteiger charge is 2.08. The number of ether oxygens (including phenoxy) is 1. The fraction of sp³-hybridized carbons (Fsp3) is 0.267. The molecule has 2 aromatic rings. The van der Waals surface area contributed by atoms with Crippen LogP contribution in [0.2, 0.25) is 0 Å². The van der Waals surface area contributed by atoms with Gasteiger partial charge >= 0.3 is 0 Å². The monoisotopic (exact) mass is 383 g/mol. The summed E-state index contributed by atoms with van der Waals surface area (Å²) in [5.74, 6) is 0.969. The summed E-state index contributed by atoms with van der Waals surface area (Å²) in [5.41, 5.74) is 3.36. The van der Waals surface area contributed by atoms with Crippen LogP contribution in [0.3, 0.4) is 0 Å². The minimum Gasteiger partial charge on any atom is -0.493 e. The van der Waals surface area contributed by atoms with E-state index in [1.165, 1.54) is 0 Å². The van der Waals surface area contributed by atoms with Gasteiger partial charge in [0.05, 0.1) is 6.61 Å². The van der Waals surface area contributed by atoms with Gasteiger partial charge in [0, 0.05) is 33.7 Å². The minimum absolute atomic E-state index is 0.638. The van der Waals surface area contributed by atoms with Crippen molar-refractivity contribution < 1.29 is 4.74 Å². The SMILES string of the molecule is Cc1cc(Br)cc(CBr)c1OCCc1ccccn1. The van der Waals surface area contributed by atoms with Crippen LogP contribution in [0, 0.1) is 6.92 Å². The maximum absolute atomic E-state index is 5.93. The van der Waals surface area contributed by atoms with Crippen LogP contribution in [0.5, 0.6) is 5.75 Å². The van der Waals surface area contributed by atoms with Crippen LogP contribution in [0.1, 0.15) is 16.8 Å². The van der Waals surface area contributed by atoms with E-state index in [4.69, 9.17) is 4.74 Å². The summed E-state index contributed by atoms with van der Waals surface area (Å²) in [5, 5.41) is 0.784. The van der Waals surface area contributed by atoms with E-state index in [9.17, 15) is 0 Å². The molecular weight excluding hydrogens is 370 g/mol. The van der Waals surface area contributed by atoms with Gasteiger partial charge < -0.3 is 4.74 Å². The normalized spacial score (nSPS) is 10.5. The smallest absolute Gasteiger partial charge is 0.126 e. The minimum atomic E-state index is 0.638. The second-order valence-corrected chi connectivity index (χ2v) is 5.74. The fourth-order valence-electron chi connectivity index (χ4n) is 1.91. The van der Waals surface area contributed by atoms with Gasteiger partial charge in [-0.25, -0.2) is 0 Å². The van der Waals surface area contributed by atoms with E-state index in [0.29, 0.717) is 6.61 Å². The van der Waals surface area contributed by atoms with E-state index in [0.717, 1.165) is 38.8 Å². The quantitative estimate of drug-likeness (QED) is 0.699. The lowest BCUT2D eigenvalue weighted by Crippen LogP contribution is -2.05. The van der Waals surface area contributed by atoms with E-state index >= 15 is 0 Å². The van der Waals surface area contributed by atoms with Gasteiger partial charge in [0.2, 0.25) is 0 Å². The molecule has 0 bridgehead atoms. The highest BCUT2D eigenvalue weighted by molar-refractivity contribution is 9.10. The molecule has 1 heterocycles. The Bertz CT molecular complexity index is 543. The first-order valence-corrected chi connectivity index (χ1v) is 8.00. The Hall–Kier alpha value is -0.870. The summed E-state index contributed by atoms with van der Waals surface area (Å²) in [6, 6.07) is 10.1. The molecule has 1 aromatic heterocycles. The van der Waals surface area contributed by atoms with Crippen LogP contribution in [-0.4, -0.2) is 11.6 Å². The highest BCUT2D eigenvalue weighted by atomic mass is 79.9. The van der Waals surface area contributed by atoms with E-state index in [1.54, 1.807) is 0 Å². The lowest BCUT2D eigenvalue weighted by molar-refractivity contribution is 0.316. The van der Waals surface area contributed by atoms with Gasteiger partial charge in [-0.05, 0) is 36.8 Å². The Kier molecular flexibility index (Phi) is 5.40. The second kappa shape index (κ2) is 7.06. The first-order valence-electron chi connectivity index (χ1n) is 6.08. The molecule has 4 heteroatoms. The molecule has 0 atom stereocenters. The van der Waals surface area contributed by atoms with Crippen molar-refractivity contribution in [3.05, 3.63) is 57.8 Å². The van der Waals surface area contributed by atoms with Crippen molar-refractivity contribution in [3.63, 3.8) is 0 Å². The van der Waals surface area contributed by atoms with Crippen LogP contribution in [0.25, 0.3) is 0 Å². The largest absolute Gasteiger partial charge is 0.493 e. The number of halogens is 2. The molecule has 0 radical (unpaired) electrons. The number of aryl methyl sites for hydroxylation is 1. The van der Waals surface area contributed by atoms with Crippen molar-refractivity contribution in [3.8, 4) is 5.75 Å². The predicted octanol–water partition coefficient (Wildman–Crippen LogP) is 4.67. The van der Waals surface area contributed by atoms with Crippen molar-refractivity contribution in [1.29, 1.82) is 0 Å². The first-order chi connectivity index (χ1) is 9.20. The lowest BCUT2D eigenvalue weighted by Gasteiger charge is -2.13. The molecule has 0 amide bonds. The zero-order chi connectivity index (χ0) is 13.7. The molecule has 0 fully saturated rings. The molecule has 2 nitrogen and oxygen atoms in total. The molecular formula is C15H15Br2NO. The maximum Gasteiger partial charge on any atom is 0.126 e. The number of aromatic nitrogens is 1. The molecule has 100 valence electrons. The maximum atomic E-state index is 5.93. The van der Waals surface area contributed by atoms with Crippen LogP contribution in [-0.2, 0) is 11.8 Å². The van der Waals surface area contributed by atoms with Gasteiger partial charge in [0.15, 0.2) is 0 Å². The Balaban J connectivity index is 2.03. The molecule has 0 N–H and O–H groups in total. The van der Waals surface area contributed by atoms with Gasteiger partial charge in [-0.15, -0.1) is 0 Å². The summed E-state index contributed by atoms with van der Waals surface area (Å²) in [6.45, 7) is 2.70. The van der Waals surface area contributed by atoms with E-state index in [-0.39, 0.29) is 0 Å². The standard InChI is InChI=1S/C15H15Br2NO/c1-11-8-13(17)9-12(10-16)15(11)19-7-5-14-4-2-3-6-18-14/h2-4,6,8-9H,5,7,10H2,1H3. The van der Waals surface area contributed by atoms with Gasteiger partial charge in [-0.3, -0.25) is 4.98 Å². The third kappa shape index (κ3) is 4.05. The van der Waals surface area contributed by atoms with Crippen LogP contribution in [0.4, 0.5) is 0 Å². The zero-order valence-electron chi connectivity index (χ0n) is 10.7. The van der Waals surface area contributed by atoms with Crippen LogP contribution < -0.4 is 4.74 Å². The molecule has 0 saturated carbocycles. The molecule has 0 saturated heterocycles. The molecule has 0 unspecified atom stereocenters. The Labute approximate surface area is 130 Å². The number of hydrogen-bond acceptors (Lipinski definition) is 2. The van der Waals surface area contributed by atoms with E-state index in [2.05, 4.69) is 55.9 Å². The number of hydrogen-bond donors (Lipinski definition) is 0. The van der Waals surface area contributed by atoms with E-state index < -0.39 is 0 Å². The van der Waals surface area contributed by atoms with Crippen molar-refractivity contribution in [2.24, 2.45) is 0 Å². The van der Waals surface area contributed by atoms with Crippen LogP contribution >= 0.6 is 31.9 Å². The third-order valence-corrected chi connectivity index (χ3v) is 3.85. The average molecular weight is 385 g/mol. The third-order valence-electron chi connectivity index (χ3n) is 2.79. The summed E-state index contributed by atoms with van der Waals surface area (Å²) in [7, 11) is 0. The Morgan fingerprint density at radius 2 is 2.11 bits per heavy atom. The predicted molar refractivity (Wildman–Crippen MR) is 84.9 cm³/mol. The Morgan fingerprint density at radius 3 is 2.79 bits per heavy atom. The number of pyridine rings is 1. The average Bonchev–Trinajstić information content (AvgIpc) is 2.42. The van der Waals surface area contributed by atoms with Gasteiger partial charge in [0.25, 0.3) is 0 Å². The summed E-state index contributed by atoms with van der Waals surface area (Å²) >= 11 is 7.01. The summed E-state index contributed by atoms with van der Waals surface area (Å²) in [6.07, 6.45) is 2.63. The van der Waals surface area contributed by atoms with Gasteiger partial charge in [-0.2, -0.15) is 0 Å². The topological polar surface area (TPSA) is 22.1 Å². The van der Waals surface area contributed by atoms with Crippen LogP contribution in [0.15, 0.2) is 41.0 Å². The molecule has 0 spiro atoms. The summed E-state index contributed by atoms with van der Waals surface area (Å²) in [4.78, 5) is 4.29. The lowest BCUT2D eigenvalue weighted by atomic mass is 10.1. The molecule has 0 aliphatic carbocycles. The number of nitrogens with zero attached hydrogens (tertiary/aromatic N) is 1. The number of rotatable bonds is 5. The second-order valence-electron chi connectivity index (χ2n) is 4.26. The molecule has 0 aliphatic rings. The zero-order valence-corrected chi connectivity index (χ0v) is 13.9. The van der Waals surface area contributed by atoms with Crippen molar-refractivity contribution in [2.45, 2.75) is 18.7 Å². The first kappa shape index (κ1) is 14.5. The van der Waals surface area contributed by atoms with Gasteiger partial charge in [0.1, 0.15) is 5.75 Å². The van der Waals surface area contributed by atoms with Crippen molar-refractivity contribution >= 4 is 31.9 Å². The number of alkyl halides is 1.